The van der Waals surface area contributed by atoms with Crippen LogP contribution in [0.1, 0.15) is 37.8 Å². The van der Waals surface area contributed by atoms with E-state index < -0.39 is 5.97 Å². The van der Waals surface area contributed by atoms with Crippen molar-refractivity contribution in [3.63, 3.8) is 0 Å². The summed E-state index contributed by atoms with van der Waals surface area (Å²) in [6.07, 6.45) is 2.39. The van der Waals surface area contributed by atoms with Crippen LogP contribution in [0.3, 0.4) is 0 Å². The maximum Gasteiger partial charge on any atom is 0.306 e. The quantitative estimate of drug-likeness (QED) is 0.815. The van der Waals surface area contributed by atoms with E-state index in [0.717, 1.165) is 18.4 Å². The minimum absolute atomic E-state index is 0.251. The van der Waals surface area contributed by atoms with Crippen LogP contribution in [0.2, 0.25) is 0 Å². The number of hydrogen-bond acceptors (Lipinski definition) is 1. The lowest BCUT2D eigenvalue weighted by Crippen LogP contribution is -2.17. The molecule has 0 fully saturated rings. The van der Waals surface area contributed by atoms with Crippen LogP contribution < -0.4 is 0 Å². The van der Waals surface area contributed by atoms with Crippen LogP contribution in [-0.4, -0.2) is 11.1 Å². The molecule has 17 heavy (non-hydrogen) atoms. The molecule has 0 aliphatic heterocycles. The highest BCUT2D eigenvalue weighted by atomic mass is 16.4. The average Bonchev–Trinajstić information content (AvgIpc) is 2.25. The van der Waals surface area contributed by atoms with Gasteiger partial charge in [0.1, 0.15) is 0 Å². The summed E-state index contributed by atoms with van der Waals surface area (Å²) in [6.45, 7) is 6.30. The molecule has 0 amide bonds. The molecule has 0 spiro atoms. The minimum Gasteiger partial charge on any atom is -0.481 e. The van der Waals surface area contributed by atoms with Gasteiger partial charge in [0, 0.05) is 0 Å². The summed E-state index contributed by atoms with van der Waals surface area (Å²) in [5.74, 6) is -0.360. The Bertz CT molecular complexity index is 369. The van der Waals surface area contributed by atoms with Crippen molar-refractivity contribution in [2.75, 3.05) is 0 Å². The van der Waals surface area contributed by atoms with Crippen LogP contribution in [0.15, 0.2) is 24.3 Å². The molecular weight excluding hydrogens is 212 g/mol. The molecule has 0 aromatic heterocycles. The Balaban J connectivity index is 2.67. The van der Waals surface area contributed by atoms with Crippen molar-refractivity contribution in [2.45, 2.75) is 40.0 Å². The second-order valence-corrected chi connectivity index (χ2v) is 5.14. The molecule has 0 aliphatic rings. The van der Waals surface area contributed by atoms with E-state index in [1.165, 1.54) is 5.56 Å². The lowest BCUT2D eigenvalue weighted by Gasteiger charge is -2.15. The molecule has 1 N–H and O–H groups in total. The van der Waals surface area contributed by atoms with E-state index in [-0.39, 0.29) is 5.92 Å². The van der Waals surface area contributed by atoms with Gasteiger partial charge in [0.15, 0.2) is 0 Å². The maximum absolute atomic E-state index is 11.2. The molecule has 94 valence electrons. The smallest absolute Gasteiger partial charge is 0.306 e. The number of hydrogen-bond donors (Lipinski definition) is 1. The first-order valence-electron chi connectivity index (χ1n) is 6.28. The van der Waals surface area contributed by atoms with Crippen LogP contribution in [-0.2, 0) is 11.2 Å². The van der Waals surface area contributed by atoms with E-state index in [0.29, 0.717) is 12.3 Å². The lowest BCUT2D eigenvalue weighted by molar-refractivity contribution is -0.142. The fraction of sp³-hybridized carbons (Fsp3) is 0.533. The molecule has 1 rings (SSSR count). The van der Waals surface area contributed by atoms with Crippen molar-refractivity contribution >= 4 is 5.97 Å². The summed E-state index contributed by atoms with van der Waals surface area (Å²) in [5.41, 5.74) is 2.34. The average molecular weight is 234 g/mol. The Hall–Kier alpha value is -1.31. The predicted molar refractivity (Wildman–Crippen MR) is 70.1 cm³/mol. The molecule has 1 unspecified atom stereocenters. The van der Waals surface area contributed by atoms with Crippen LogP contribution in [0.5, 0.6) is 0 Å². The fourth-order valence-electron chi connectivity index (χ4n) is 1.95. The Morgan fingerprint density at radius 2 is 1.88 bits per heavy atom. The van der Waals surface area contributed by atoms with Crippen LogP contribution >= 0.6 is 0 Å². The van der Waals surface area contributed by atoms with Gasteiger partial charge < -0.3 is 5.11 Å². The molecule has 1 atom stereocenters. The van der Waals surface area contributed by atoms with E-state index in [9.17, 15) is 9.90 Å². The van der Waals surface area contributed by atoms with Gasteiger partial charge in [0.25, 0.3) is 0 Å². The fourth-order valence-corrected chi connectivity index (χ4v) is 1.95. The Morgan fingerprint density at radius 3 is 2.41 bits per heavy atom. The Labute approximate surface area is 104 Å². The lowest BCUT2D eigenvalue weighted by atomic mass is 9.90. The highest BCUT2D eigenvalue weighted by molar-refractivity contribution is 5.70. The first-order valence-corrected chi connectivity index (χ1v) is 6.28. The maximum atomic E-state index is 11.2. The SMILES string of the molecule is Cc1ccccc1CC(CCC(C)C)C(=O)O. The normalized spacial score (nSPS) is 12.7. The summed E-state index contributed by atoms with van der Waals surface area (Å²) >= 11 is 0. The second-order valence-electron chi connectivity index (χ2n) is 5.14. The van der Waals surface area contributed by atoms with Gasteiger partial charge in [-0.2, -0.15) is 0 Å². The molecule has 2 heteroatoms. The molecule has 1 aromatic rings. The Morgan fingerprint density at radius 1 is 1.24 bits per heavy atom. The van der Waals surface area contributed by atoms with Gasteiger partial charge in [-0.25, -0.2) is 0 Å². The highest BCUT2D eigenvalue weighted by Gasteiger charge is 2.18. The van der Waals surface area contributed by atoms with E-state index in [1.54, 1.807) is 0 Å². The molecule has 0 bridgehead atoms. The van der Waals surface area contributed by atoms with E-state index in [4.69, 9.17) is 0 Å². The summed E-state index contributed by atoms with van der Waals surface area (Å²) in [4.78, 5) is 11.2. The second kappa shape index (κ2) is 6.43. The summed E-state index contributed by atoms with van der Waals surface area (Å²) in [5, 5.41) is 9.24. The van der Waals surface area contributed by atoms with Crippen LogP contribution in [0, 0.1) is 18.8 Å². The topological polar surface area (TPSA) is 37.3 Å². The monoisotopic (exact) mass is 234 g/mol. The first-order chi connectivity index (χ1) is 8.00. The molecule has 0 aliphatic carbocycles. The standard InChI is InChI=1S/C15H22O2/c1-11(2)8-9-14(15(16)17)10-13-7-5-4-6-12(13)3/h4-7,11,14H,8-10H2,1-3H3,(H,16,17). The van der Waals surface area contributed by atoms with Crippen molar-refractivity contribution in [1.82, 2.24) is 0 Å². The van der Waals surface area contributed by atoms with Gasteiger partial charge in [-0.15, -0.1) is 0 Å². The molecule has 2 nitrogen and oxygen atoms in total. The molecule has 0 saturated heterocycles. The number of aryl methyl sites for hydroxylation is 1. The van der Waals surface area contributed by atoms with Crippen LogP contribution in [0.25, 0.3) is 0 Å². The van der Waals surface area contributed by atoms with Gasteiger partial charge in [-0.3, -0.25) is 4.79 Å². The van der Waals surface area contributed by atoms with Gasteiger partial charge in [-0.05, 0) is 36.8 Å². The largest absolute Gasteiger partial charge is 0.481 e. The molecule has 0 heterocycles. The number of carbonyl (C=O) groups is 1. The van der Waals surface area contributed by atoms with Gasteiger partial charge in [-0.1, -0.05) is 44.5 Å². The van der Waals surface area contributed by atoms with Crippen molar-refractivity contribution in [1.29, 1.82) is 0 Å². The van der Waals surface area contributed by atoms with Crippen molar-refractivity contribution in [2.24, 2.45) is 11.8 Å². The van der Waals surface area contributed by atoms with Gasteiger partial charge in [0.2, 0.25) is 0 Å². The third kappa shape index (κ3) is 4.59. The minimum atomic E-state index is -0.672. The molecule has 1 aromatic carbocycles. The summed E-state index contributed by atoms with van der Waals surface area (Å²) < 4.78 is 0. The number of rotatable bonds is 6. The zero-order valence-electron chi connectivity index (χ0n) is 10.9. The van der Waals surface area contributed by atoms with Crippen molar-refractivity contribution in [3.05, 3.63) is 35.4 Å². The first kappa shape index (κ1) is 13.8. The number of carboxylic acid groups (broad SMARTS) is 1. The molecular formula is C15H22O2. The third-order valence-corrected chi connectivity index (χ3v) is 3.17. The van der Waals surface area contributed by atoms with Crippen molar-refractivity contribution < 1.29 is 9.90 Å². The zero-order valence-corrected chi connectivity index (χ0v) is 10.9. The van der Waals surface area contributed by atoms with Gasteiger partial charge in [0.05, 0.1) is 5.92 Å². The molecule has 0 saturated carbocycles. The van der Waals surface area contributed by atoms with Crippen LogP contribution in [0.4, 0.5) is 0 Å². The number of benzene rings is 1. The van der Waals surface area contributed by atoms with Gasteiger partial charge >= 0.3 is 5.97 Å². The van der Waals surface area contributed by atoms with E-state index in [1.807, 2.05) is 31.2 Å². The van der Waals surface area contributed by atoms with E-state index >= 15 is 0 Å². The van der Waals surface area contributed by atoms with Crippen molar-refractivity contribution in [3.8, 4) is 0 Å². The predicted octanol–water partition coefficient (Wildman–Crippen LogP) is 3.67. The number of aliphatic carboxylic acids is 1. The summed E-state index contributed by atoms with van der Waals surface area (Å²) in [6, 6.07) is 8.03. The van der Waals surface area contributed by atoms with E-state index in [2.05, 4.69) is 13.8 Å². The Kier molecular flexibility index (Phi) is 5.20. The third-order valence-electron chi connectivity index (χ3n) is 3.17. The zero-order chi connectivity index (χ0) is 12.8. The molecule has 0 radical (unpaired) electrons. The highest BCUT2D eigenvalue weighted by Crippen LogP contribution is 2.19. The summed E-state index contributed by atoms with van der Waals surface area (Å²) in [7, 11) is 0. The number of carboxylic acids is 1.